The summed E-state index contributed by atoms with van der Waals surface area (Å²) in [6.45, 7) is 0.734. The number of anilines is 1. The van der Waals surface area contributed by atoms with Crippen LogP contribution in [0.25, 0.3) is 0 Å². The Kier molecular flexibility index (Phi) is 5.20. The number of nitrogens with zero attached hydrogens (tertiary/aromatic N) is 1. The molecule has 2 aliphatic heterocycles. The molecule has 0 aliphatic carbocycles. The normalized spacial score (nSPS) is 15.1. The smallest absolute Gasteiger partial charge is 0.243 e. The molecule has 2 aliphatic rings. The van der Waals surface area contributed by atoms with Gasteiger partial charge in [-0.15, -0.1) is 0 Å². The summed E-state index contributed by atoms with van der Waals surface area (Å²) in [5.74, 6) is 1.52. The number of carbonyl (C=O) groups excluding carboxylic acids is 1. The van der Waals surface area contributed by atoms with Gasteiger partial charge in [-0.3, -0.25) is 4.79 Å². The van der Waals surface area contributed by atoms with E-state index in [1.54, 1.807) is 24.3 Å². The second-order valence-corrected chi connectivity index (χ2v) is 8.58. The first-order valence-corrected chi connectivity index (χ1v) is 10.4. The number of sulfonamides is 1. The second-order valence-electron chi connectivity index (χ2n) is 6.54. The monoisotopic (exact) mass is 420 g/mol. The maximum Gasteiger partial charge on any atom is 0.243 e. The molecule has 154 valence electrons. The number of fused-ring (bicyclic) bond motifs is 2. The lowest BCUT2D eigenvalue weighted by atomic mass is 10.3. The van der Waals surface area contributed by atoms with Gasteiger partial charge in [-0.2, -0.15) is 4.31 Å². The number of hydrogen-bond acceptors (Lipinski definition) is 7. The van der Waals surface area contributed by atoms with Crippen molar-refractivity contribution in [3.8, 4) is 23.0 Å². The highest BCUT2D eigenvalue weighted by Gasteiger charge is 2.25. The van der Waals surface area contributed by atoms with E-state index in [0.29, 0.717) is 41.9 Å². The molecular formula is C19H20N2O7S. The number of amides is 1. The van der Waals surface area contributed by atoms with E-state index in [2.05, 4.69) is 5.32 Å². The summed E-state index contributed by atoms with van der Waals surface area (Å²) >= 11 is 0. The Labute approximate surface area is 168 Å². The Balaban J connectivity index is 1.45. The van der Waals surface area contributed by atoms with Crippen molar-refractivity contribution in [1.29, 1.82) is 0 Å². The standard InChI is InChI=1S/C19H20N2O7S/c1-21(11-19(22)20-13-3-5-16-17(9-13)28-12-27-16)29(23,24)14-4-6-15-18(10-14)26-8-2-7-25-15/h3-6,9-10H,2,7-8,11-12H2,1H3,(H,20,22). The van der Waals surface area contributed by atoms with E-state index in [9.17, 15) is 13.2 Å². The van der Waals surface area contributed by atoms with Crippen LogP contribution in [-0.4, -0.2) is 52.2 Å². The van der Waals surface area contributed by atoms with Crippen molar-refractivity contribution in [2.45, 2.75) is 11.3 Å². The van der Waals surface area contributed by atoms with Gasteiger partial charge in [-0.1, -0.05) is 0 Å². The van der Waals surface area contributed by atoms with Crippen LogP contribution in [0.15, 0.2) is 41.3 Å². The third-order valence-corrected chi connectivity index (χ3v) is 6.25. The van der Waals surface area contributed by atoms with Crippen LogP contribution in [0.4, 0.5) is 5.69 Å². The van der Waals surface area contributed by atoms with Crippen molar-refractivity contribution in [2.75, 3.05) is 38.9 Å². The summed E-state index contributed by atoms with van der Waals surface area (Å²) in [7, 11) is -2.54. The Morgan fingerprint density at radius 1 is 0.966 bits per heavy atom. The Hall–Kier alpha value is -2.98. The van der Waals surface area contributed by atoms with E-state index in [1.165, 1.54) is 19.2 Å². The molecule has 0 aromatic heterocycles. The third kappa shape index (κ3) is 4.08. The van der Waals surface area contributed by atoms with Crippen LogP contribution < -0.4 is 24.3 Å². The van der Waals surface area contributed by atoms with E-state index in [0.717, 1.165) is 10.7 Å². The first-order valence-electron chi connectivity index (χ1n) is 8.99. The first-order chi connectivity index (χ1) is 13.9. The molecule has 10 heteroatoms. The van der Waals surface area contributed by atoms with Gasteiger partial charge in [-0.25, -0.2) is 8.42 Å². The minimum absolute atomic E-state index is 0.0279. The molecule has 0 saturated heterocycles. The zero-order valence-corrected chi connectivity index (χ0v) is 16.5. The molecular weight excluding hydrogens is 400 g/mol. The summed E-state index contributed by atoms with van der Waals surface area (Å²) in [5.41, 5.74) is 0.487. The van der Waals surface area contributed by atoms with Gasteiger partial charge in [0.2, 0.25) is 22.7 Å². The highest BCUT2D eigenvalue weighted by molar-refractivity contribution is 7.89. The topological polar surface area (TPSA) is 103 Å². The zero-order valence-electron chi connectivity index (χ0n) is 15.7. The van der Waals surface area contributed by atoms with Crippen molar-refractivity contribution in [3.63, 3.8) is 0 Å². The molecule has 2 aromatic rings. The van der Waals surface area contributed by atoms with Crippen molar-refractivity contribution in [3.05, 3.63) is 36.4 Å². The molecule has 0 unspecified atom stereocenters. The molecule has 29 heavy (non-hydrogen) atoms. The molecule has 0 atom stereocenters. The lowest BCUT2D eigenvalue weighted by molar-refractivity contribution is -0.116. The molecule has 4 rings (SSSR count). The lowest BCUT2D eigenvalue weighted by Crippen LogP contribution is -2.35. The predicted octanol–water partition coefficient (Wildman–Crippen LogP) is 1.84. The fourth-order valence-electron chi connectivity index (χ4n) is 2.95. The minimum Gasteiger partial charge on any atom is -0.490 e. The maximum absolute atomic E-state index is 12.9. The molecule has 1 amide bonds. The average Bonchev–Trinajstić information content (AvgIpc) is 3.03. The molecule has 2 aromatic carbocycles. The summed E-state index contributed by atoms with van der Waals surface area (Å²) in [4.78, 5) is 12.4. The first kappa shape index (κ1) is 19.3. The van der Waals surface area contributed by atoms with E-state index in [4.69, 9.17) is 18.9 Å². The fraction of sp³-hybridized carbons (Fsp3) is 0.316. The second kappa shape index (κ2) is 7.80. The van der Waals surface area contributed by atoms with Gasteiger partial charge in [0, 0.05) is 31.3 Å². The summed E-state index contributed by atoms with van der Waals surface area (Å²) in [6.07, 6.45) is 0.719. The molecule has 0 fully saturated rings. The highest BCUT2D eigenvalue weighted by atomic mass is 32.2. The largest absolute Gasteiger partial charge is 0.490 e. The number of carbonyl (C=O) groups is 1. The van der Waals surface area contributed by atoms with Gasteiger partial charge in [0.15, 0.2) is 23.0 Å². The molecule has 0 bridgehead atoms. The summed E-state index contributed by atoms with van der Waals surface area (Å²) in [5, 5.41) is 2.66. The van der Waals surface area contributed by atoms with Crippen LogP contribution in [0.1, 0.15) is 6.42 Å². The number of likely N-dealkylation sites (N-methyl/N-ethyl adjacent to an activating group) is 1. The van der Waals surface area contributed by atoms with E-state index in [-0.39, 0.29) is 18.2 Å². The van der Waals surface area contributed by atoms with Gasteiger partial charge < -0.3 is 24.3 Å². The molecule has 9 nitrogen and oxygen atoms in total. The number of hydrogen-bond donors (Lipinski definition) is 1. The number of ether oxygens (including phenoxy) is 4. The minimum atomic E-state index is -3.89. The quantitative estimate of drug-likeness (QED) is 0.787. The third-order valence-electron chi connectivity index (χ3n) is 4.45. The van der Waals surface area contributed by atoms with Crippen LogP contribution in [0, 0.1) is 0 Å². The predicted molar refractivity (Wildman–Crippen MR) is 103 cm³/mol. The average molecular weight is 420 g/mol. The van der Waals surface area contributed by atoms with Crippen LogP contribution in [0.5, 0.6) is 23.0 Å². The Bertz CT molecular complexity index is 1040. The summed E-state index contributed by atoms with van der Waals surface area (Å²) < 4.78 is 48.3. The Morgan fingerprint density at radius 3 is 2.45 bits per heavy atom. The van der Waals surface area contributed by atoms with E-state index >= 15 is 0 Å². The van der Waals surface area contributed by atoms with Crippen molar-refractivity contribution >= 4 is 21.6 Å². The van der Waals surface area contributed by atoms with E-state index in [1.807, 2.05) is 0 Å². The zero-order chi connectivity index (χ0) is 20.4. The van der Waals surface area contributed by atoms with E-state index < -0.39 is 15.9 Å². The van der Waals surface area contributed by atoms with Crippen molar-refractivity contribution < 1.29 is 32.2 Å². The molecule has 0 radical (unpaired) electrons. The van der Waals surface area contributed by atoms with Crippen LogP contribution in [0.3, 0.4) is 0 Å². The van der Waals surface area contributed by atoms with Crippen molar-refractivity contribution in [1.82, 2.24) is 4.31 Å². The SMILES string of the molecule is CN(CC(=O)Nc1ccc2c(c1)OCO2)S(=O)(=O)c1ccc2c(c1)OCCCO2. The maximum atomic E-state index is 12.9. The molecule has 1 N–H and O–H groups in total. The van der Waals surface area contributed by atoms with Gasteiger partial charge in [0.25, 0.3) is 0 Å². The molecule has 0 saturated carbocycles. The molecule has 0 spiro atoms. The van der Waals surface area contributed by atoms with Gasteiger partial charge in [0.1, 0.15) is 0 Å². The van der Waals surface area contributed by atoms with Crippen LogP contribution in [0.2, 0.25) is 0 Å². The number of benzene rings is 2. The van der Waals surface area contributed by atoms with Gasteiger partial charge in [0.05, 0.1) is 24.7 Å². The Morgan fingerprint density at radius 2 is 1.62 bits per heavy atom. The van der Waals surface area contributed by atoms with Crippen LogP contribution >= 0.6 is 0 Å². The van der Waals surface area contributed by atoms with Crippen LogP contribution in [-0.2, 0) is 14.8 Å². The number of nitrogens with one attached hydrogen (secondary N) is 1. The van der Waals surface area contributed by atoms with Gasteiger partial charge in [-0.05, 0) is 24.3 Å². The molecule has 2 heterocycles. The van der Waals surface area contributed by atoms with Crippen molar-refractivity contribution in [2.24, 2.45) is 0 Å². The summed E-state index contributed by atoms with van der Waals surface area (Å²) in [6, 6.07) is 9.38. The number of rotatable bonds is 5. The van der Waals surface area contributed by atoms with Gasteiger partial charge >= 0.3 is 0 Å². The lowest BCUT2D eigenvalue weighted by Gasteiger charge is -2.18. The fourth-order valence-corrected chi connectivity index (χ4v) is 4.09. The highest BCUT2D eigenvalue weighted by Crippen LogP contribution is 2.34.